The van der Waals surface area contributed by atoms with Gasteiger partial charge in [-0.2, -0.15) is 0 Å². The Morgan fingerprint density at radius 2 is 2.14 bits per heavy atom. The van der Waals surface area contributed by atoms with Crippen LogP contribution >= 0.6 is 0 Å². The molecular formula is C18H22O3. The summed E-state index contributed by atoms with van der Waals surface area (Å²) in [5, 5.41) is 9.53. The second-order valence-corrected chi connectivity index (χ2v) is 6.83. The highest BCUT2D eigenvalue weighted by Gasteiger charge is 2.37. The molecule has 0 aromatic heterocycles. The van der Waals surface area contributed by atoms with Crippen LogP contribution in [0.5, 0.6) is 0 Å². The van der Waals surface area contributed by atoms with E-state index in [1.807, 2.05) is 39.0 Å². The van der Waals surface area contributed by atoms with Gasteiger partial charge in [-0.3, -0.25) is 4.79 Å². The fourth-order valence-electron chi connectivity index (χ4n) is 3.31. The predicted molar refractivity (Wildman–Crippen MR) is 82.3 cm³/mol. The van der Waals surface area contributed by atoms with E-state index in [4.69, 9.17) is 4.74 Å². The van der Waals surface area contributed by atoms with Crippen molar-refractivity contribution < 1.29 is 14.6 Å². The first-order chi connectivity index (χ1) is 9.94. The summed E-state index contributed by atoms with van der Waals surface area (Å²) in [7, 11) is 0. The summed E-state index contributed by atoms with van der Waals surface area (Å²) < 4.78 is 6.02. The maximum Gasteiger partial charge on any atom is 0.167 e. The molecule has 112 valence electrons. The van der Waals surface area contributed by atoms with Crippen molar-refractivity contribution in [2.24, 2.45) is 5.41 Å². The van der Waals surface area contributed by atoms with E-state index in [9.17, 15) is 9.90 Å². The Hall–Kier alpha value is -1.45. The number of ether oxygens (including phenoxy) is 1. The first-order valence-electron chi connectivity index (χ1n) is 7.50. The summed E-state index contributed by atoms with van der Waals surface area (Å²) >= 11 is 0. The normalized spacial score (nSPS) is 22.1. The Morgan fingerprint density at radius 1 is 1.38 bits per heavy atom. The third kappa shape index (κ3) is 2.34. The second kappa shape index (κ2) is 5.08. The average molecular weight is 286 g/mol. The Kier molecular flexibility index (Phi) is 3.50. The van der Waals surface area contributed by atoms with Crippen LogP contribution in [0.4, 0.5) is 0 Å². The van der Waals surface area contributed by atoms with Crippen molar-refractivity contribution in [3.63, 3.8) is 0 Å². The van der Waals surface area contributed by atoms with Crippen molar-refractivity contribution in [2.45, 2.75) is 39.7 Å². The number of benzene rings is 1. The number of ketones is 1. The molecule has 0 bridgehead atoms. The molecule has 21 heavy (non-hydrogen) atoms. The van der Waals surface area contributed by atoms with E-state index in [0.717, 1.165) is 23.1 Å². The maximum atomic E-state index is 12.4. The third-order valence-electron chi connectivity index (χ3n) is 4.82. The van der Waals surface area contributed by atoms with E-state index in [2.05, 4.69) is 0 Å². The van der Waals surface area contributed by atoms with Crippen molar-refractivity contribution >= 4 is 11.4 Å². The van der Waals surface area contributed by atoms with Crippen molar-refractivity contribution in [3.8, 4) is 0 Å². The number of carbonyl (C=O) groups excluding carboxylic acids is 1. The molecule has 1 heterocycles. The van der Waals surface area contributed by atoms with Crippen LogP contribution in [0.15, 0.2) is 23.8 Å². The maximum absolute atomic E-state index is 12.4. The van der Waals surface area contributed by atoms with E-state index in [-0.39, 0.29) is 23.9 Å². The summed E-state index contributed by atoms with van der Waals surface area (Å²) in [5.74, 6) is 0.204. The van der Waals surface area contributed by atoms with Crippen molar-refractivity contribution in [2.75, 3.05) is 13.2 Å². The molecular weight excluding hydrogens is 264 g/mol. The molecule has 0 amide bonds. The lowest BCUT2D eigenvalue weighted by molar-refractivity contribution is -0.0412. The summed E-state index contributed by atoms with van der Waals surface area (Å²) in [6, 6.07) is 5.91. The molecule has 1 N–H and O–H groups in total. The van der Waals surface area contributed by atoms with E-state index in [1.165, 1.54) is 11.1 Å². The van der Waals surface area contributed by atoms with Gasteiger partial charge in [0.05, 0.1) is 19.3 Å². The summed E-state index contributed by atoms with van der Waals surface area (Å²) in [6.07, 6.45) is 1.20. The topological polar surface area (TPSA) is 46.5 Å². The van der Waals surface area contributed by atoms with E-state index < -0.39 is 0 Å². The Balaban J connectivity index is 2.02. The van der Waals surface area contributed by atoms with Gasteiger partial charge in [-0.1, -0.05) is 37.6 Å². The third-order valence-corrected chi connectivity index (χ3v) is 4.82. The van der Waals surface area contributed by atoms with Crippen LogP contribution in [0.3, 0.4) is 0 Å². The first kappa shape index (κ1) is 14.5. The highest BCUT2D eigenvalue weighted by molar-refractivity contribution is 6.06. The van der Waals surface area contributed by atoms with Gasteiger partial charge in [-0.15, -0.1) is 0 Å². The smallest absolute Gasteiger partial charge is 0.167 e. The summed E-state index contributed by atoms with van der Waals surface area (Å²) in [6.45, 7) is 6.68. The number of hydrogen-bond acceptors (Lipinski definition) is 3. The molecule has 1 aromatic carbocycles. The van der Waals surface area contributed by atoms with Crippen molar-refractivity contribution in [1.29, 1.82) is 0 Å². The van der Waals surface area contributed by atoms with E-state index in [1.54, 1.807) is 0 Å². The van der Waals surface area contributed by atoms with Gasteiger partial charge in [-0.05, 0) is 30.0 Å². The molecule has 1 atom stereocenters. The standard InChI is InChI=1S/C18H22O3/c1-11-5-4-6-13-15(20)7-12-8-16(18(2,3)10-19)21-9-14(12)17(11)13/h4-6,16,19H,7-10H2,1-3H3. The lowest BCUT2D eigenvalue weighted by Gasteiger charge is -2.39. The minimum atomic E-state index is -0.284. The van der Waals surface area contributed by atoms with Crippen LogP contribution in [0, 0.1) is 12.3 Å². The van der Waals surface area contributed by atoms with Gasteiger partial charge in [0.1, 0.15) is 0 Å². The molecule has 3 heteroatoms. The average Bonchev–Trinajstić information content (AvgIpc) is 2.47. The molecule has 0 saturated carbocycles. The quantitative estimate of drug-likeness (QED) is 0.908. The van der Waals surface area contributed by atoms with Crippen LogP contribution in [-0.2, 0) is 4.74 Å². The first-order valence-corrected chi connectivity index (χ1v) is 7.50. The van der Waals surface area contributed by atoms with Crippen molar-refractivity contribution in [1.82, 2.24) is 0 Å². The molecule has 0 radical (unpaired) electrons. The zero-order valence-corrected chi connectivity index (χ0v) is 12.9. The molecule has 0 saturated heterocycles. The van der Waals surface area contributed by atoms with Gasteiger partial charge in [0.25, 0.3) is 0 Å². The lowest BCUT2D eigenvalue weighted by Crippen LogP contribution is -2.39. The van der Waals surface area contributed by atoms with Gasteiger partial charge >= 0.3 is 0 Å². The van der Waals surface area contributed by atoms with Crippen LogP contribution in [0.2, 0.25) is 0 Å². The number of Topliss-reactive ketones (excluding diaryl/α,β-unsaturated/α-hetero) is 1. The Morgan fingerprint density at radius 3 is 2.86 bits per heavy atom. The number of hydrogen-bond donors (Lipinski definition) is 1. The zero-order valence-electron chi connectivity index (χ0n) is 12.9. The van der Waals surface area contributed by atoms with Gasteiger partial charge in [0.15, 0.2) is 5.78 Å². The number of aliphatic hydroxyl groups excluding tert-OH is 1. The fourth-order valence-corrected chi connectivity index (χ4v) is 3.31. The predicted octanol–water partition coefficient (Wildman–Crippen LogP) is 3.14. The highest BCUT2D eigenvalue weighted by atomic mass is 16.5. The summed E-state index contributed by atoms with van der Waals surface area (Å²) in [5.41, 5.74) is 5.14. The second-order valence-electron chi connectivity index (χ2n) is 6.83. The Labute approximate surface area is 125 Å². The molecule has 1 aromatic rings. The molecule has 2 aliphatic rings. The lowest BCUT2D eigenvalue weighted by atomic mass is 9.75. The molecule has 0 spiro atoms. The Bertz CT molecular complexity index is 625. The highest BCUT2D eigenvalue weighted by Crippen LogP contribution is 2.42. The molecule has 1 unspecified atom stereocenters. The fraction of sp³-hybridized carbons (Fsp3) is 0.500. The number of rotatable bonds is 2. The minimum absolute atomic E-state index is 0.0281. The largest absolute Gasteiger partial charge is 0.396 e. The number of carbonyl (C=O) groups is 1. The van der Waals surface area contributed by atoms with Crippen LogP contribution in [-0.4, -0.2) is 30.2 Å². The zero-order chi connectivity index (χ0) is 15.2. The van der Waals surface area contributed by atoms with Gasteiger partial charge in [0.2, 0.25) is 0 Å². The van der Waals surface area contributed by atoms with Gasteiger partial charge in [-0.25, -0.2) is 0 Å². The van der Waals surface area contributed by atoms with E-state index >= 15 is 0 Å². The van der Waals surface area contributed by atoms with Crippen molar-refractivity contribution in [3.05, 3.63) is 40.5 Å². The summed E-state index contributed by atoms with van der Waals surface area (Å²) in [4.78, 5) is 12.4. The molecule has 3 rings (SSSR count). The van der Waals surface area contributed by atoms with Gasteiger partial charge < -0.3 is 9.84 Å². The number of fused-ring (bicyclic) bond motifs is 2. The molecule has 1 aliphatic carbocycles. The molecule has 3 nitrogen and oxygen atoms in total. The van der Waals surface area contributed by atoms with Crippen LogP contribution < -0.4 is 0 Å². The number of aliphatic hydroxyl groups is 1. The van der Waals surface area contributed by atoms with Crippen LogP contribution in [0.1, 0.15) is 48.2 Å². The van der Waals surface area contributed by atoms with Crippen LogP contribution in [0.25, 0.3) is 5.57 Å². The molecule has 1 aliphatic heterocycles. The molecule has 0 fully saturated rings. The SMILES string of the molecule is Cc1cccc2c1C1=C(CC2=O)CC(C(C)(C)CO)OC1. The van der Waals surface area contributed by atoms with E-state index in [0.29, 0.717) is 13.0 Å². The van der Waals surface area contributed by atoms with Gasteiger partial charge in [0, 0.05) is 17.4 Å². The number of aryl methyl sites for hydroxylation is 1. The minimum Gasteiger partial charge on any atom is -0.396 e. The monoisotopic (exact) mass is 286 g/mol.